The third kappa shape index (κ3) is 3.01. The van der Waals surface area contributed by atoms with Crippen molar-refractivity contribution in [1.82, 2.24) is 9.80 Å². The van der Waals surface area contributed by atoms with Crippen LogP contribution in [0, 0.1) is 0 Å². The highest BCUT2D eigenvalue weighted by molar-refractivity contribution is 6.44. The standard InChI is InChI=1S/C18H23N3O5/c1-4-20-16(22)17(23)21(18(20)24)11-19-9-5-6-14(19)13-8-7-12(25-2)10-15(13)26-3/h7-8,10,14H,4-6,9,11H2,1-3H3/p+1/t14-/m1/s1. The van der Waals surface area contributed by atoms with Gasteiger partial charge in [0.25, 0.3) is 0 Å². The van der Waals surface area contributed by atoms with E-state index >= 15 is 0 Å². The number of hydrogen-bond acceptors (Lipinski definition) is 5. The van der Waals surface area contributed by atoms with Crippen LogP contribution in [0.5, 0.6) is 11.5 Å². The van der Waals surface area contributed by atoms with Crippen LogP contribution in [0.1, 0.15) is 31.4 Å². The number of hydrogen-bond donors (Lipinski definition) is 1. The Balaban J connectivity index is 1.82. The van der Waals surface area contributed by atoms with Gasteiger partial charge in [-0.1, -0.05) is 0 Å². The number of imide groups is 2. The molecular weight excluding hydrogens is 338 g/mol. The van der Waals surface area contributed by atoms with Gasteiger partial charge < -0.3 is 14.4 Å². The zero-order valence-electron chi connectivity index (χ0n) is 15.3. The average molecular weight is 362 g/mol. The van der Waals surface area contributed by atoms with Crippen molar-refractivity contribution in [2.75, 3.05) is 34.0 Å². The molecule has 0 aromatic heterocycles. The van der Waals surface area contributed by atoms with Crippen LogP contribution in [0.15, 0.2) is 18.2 Å². The maximum Gasteiger partial charge on any atom is 0.338 e. The van der Waals surface area contributed by atoms with Crippen LogP contribution < -0.4 is 14.4 Å². The number of amides is 4. The topological polar surface area (TPSA) is 80.6 Å². The molecule has 8 nitrogen and oxygen atoms in total. The monoisotopic (exact) mass is 362 g/mol. The Labute approximate surface area is 152 Å². The van der Waals surface area contributed by atoms with Crippen molar-refractivity contribution < 1.29 is 28.8 Å². The molecule has 0 spiro atoms. The lowest BCUT2D eigenvalue weighted by atomic mass is 10.0. The van der Waals surface area contributed by atoms with Crippen molar-refractivity contribution in [3.63, 3.8) is 0 Å². The molecule has 140 valence electrons. The fourth-order valence-corrected chi connectivity index (χ4v) is 3.75. The number of ether oxygens (including phenoxy) is 2. The lowest BCUT2D eigenvalue weighted by Gasteiger charge is -2.26. The number of quaternary nitrogens is 1. The summed E-state index contributed by atoms with van der Waals surface area (Å²) in [5, 5.41) is 0. The molecule has 4 amide bonds. The first-order valence-corrected chi connectivity index (χ1v) is 8.75. The zero-order valence-corrected chi connectivity index (χ0v) is 15.3. The molecule has 1 N–H and O–H groups in total. The van der Waals surface area contributed by atoms with E-state index in [2.05, 4.69) is 0 Å². The third-order valence-electron chi connectivity index (χ3n) is 5.11. The van der Waals surface area contributed by atoms with Crippen molar-refractivity contribution in [2.24, 2.45) is 0 Å². The predicted molar refractivity (Wildman–Crippen MR) is 91.8 cm³/mol. The molecule has 0 bridgehead atoms. The maximum atomic E-state index is 12.4. The number of likely N-dealkylation sites (N-methyl/N-ethyl adjacent to an activating group) is 1. The van der Waals surface area contributed by atoms with E-state index in [4.69, 9.17) is 9.47 Å². The molecule has 1 aromatic carbocycles. The number of urea groups is 1. The highest BCUT2D eigenvalue weighted by atomic mass is 16.5. The molecule has 0 aliphatic carbocycles. The van der Waals surface area contributed by atoms with E-state index < -0.39 is 17.8 Å². The molecule has 8 heteroatoms. The predicted octanol–water partition coefficient (Wildman–Crippen LogP) is 0.192. The van der Waals surface area contributed by atoms with Gasteiger partial charge in [0.2, 0.25) is 0 Å². The SMILES string of the molecule is CCN1C(=O)C(=O)N(C[NH+]2CCC[C@@H]2c2ccc(OC)cc2OC)C1=O. The molecule has 1 aromatic rings. The number of methoxy groups -OCH3 is 2. The van der Waals surface area contributed by atoms with Crippen LogP contribution in [0.4, 0.5) is 4.79 Å². The third-order valence-corrected chi connectivity index (χ3v) is 5.11. The minimum Gasteiger partial charge on any atom is -0.497 e. The highest BCUT2D eigenvalue weighted by Crippen LogP contribution is 2.31. The van der Waals surface area contributed by atoms with Gasteiger partial charge in [-0.15, -0.1) is 0 Å². The molecule has 2 aliphatic heterocycles. The van der Waals surface area contributed by atoms with E-state index in [1.54, 1.807) is 21.1 Å². The summed E-state index contributed by atoms with van der Waals surface area (Å²) in [5.74, 6) is -0.0512. The van der Waals surface area contributed by atoms with Crippen molar-refractivity contribution in [2.45, 2.75) is 25.8 Å². The smallest absolute Gasteiger partial charge is 0.338 e. The van der Waals surface area contributed by atoms with Gasteiger partial charge in [0.05, 0.1) is 26.3 Å². The minimum absolute atomic E-state index is 0.0854. The van der Waals surface area contributed by atoms with Crippen molar-refractivity contribution in [1.29, 1.82) is 0 Å². The number of carbonyl (C=O) groups is 3. The van der Waals surface area contributed by atoms with Gasteiger partial charge >= 0.3 is 17.8 Å². The van der Waals surface area contributed by atoms with E-state index in [9.17, 15) is 14.4 Å². The summed E-state index contributed by atoms with van der Waals surface area (Å²) in [5.41, 5.74) is 1.01. The van der Waals surface area contributed by atoms with Crippen LogP contribution in [0.25, 0.3) is 0 Å². The van der Waals surface area contributed by atoms with E-state index in [0.717, 1.165) is 45.4 Å². The van der Waals surface area contributed by atoms with E-state index in [-0.39, 0.29) is 19.3 Å². The number of rotatable bonds is 6. The van der Waals surface area contributed by atoms with E-state index in [1.165, 1.54) is 0 Å². The number of benzene rings is 1. The van der Waals surface area contributed by atoms with E-state index in [0.29, 0.717) is 5.75 Å². The molecule has 2 fully saturated rings. The second-order valence-corrected chi connectivity index (χ2v) is 6.43. The zero-order chi connectivity index (χ0) is 18.8. The summed E-state index contributed by atoms with van der Waals surface area (Å²) < 4.78 is 10.8. The molecule has 3 rings (SSSR count). The molecule has 1 unspecified atom stereocenters. The van der Waals surface area contributed by atoms with Crippen LogP contribution in [-0.4, -0.2) is 61.6 Å². The molecule has 2 heterocycles. The summed E-state index contributed by atoms with van der Waals surface area (Å²) in [6.45, 7) is 2.88. The van der Waals surface area contributed by atoms with Crippen molar-refractivity contribution >= 4 is 17.8 Å². The number of nitrogens with zero attached hydrogens (tertiary/aromatic N) is 2. The van der Waals surface area contributed by atoms with Crippen molar-refractivity contribution in [3.8, 4) is 11.5 Å². The lowest BCUT2D eigenvalue weighted by Crippen LogP contribution is -3.12. The largest absolute Gasteiger partial charge is 0.497 e. The Morgan fingerprint density at radius 2 is 1.85 bits per heavy atom. The summed E-state index contributed by atoms with van der Waals surface area (Å²) in [6, 6.07) is 5.23. The van der Waals surface area contributed by atoms with E-state index in [1.807, 2.05) is 18.2 Å². The summed E-state index contributed by atoms with van der Waals surface area (Å²) in [6.07, 6.45) is 1.89. The quantitative estimate of drug-likeness (QED) is 0.577. The Kier molecular flexibility index (Phi) is 5.13. The second-order valence-electron chi connectivity index (χ2n) is 6.43. The fourth-order valence-electron chi connectivity index (χ4n) is 3.75. The van der Waals surface area contributed by atoms with Gasteiger partial charge in [0.1, 0.15) is 17.5 Å². The minimum atomic E-state index is -0.741. The maximum absolute atomic E-state index is 12.4. The van der Waals surface area contributed by atoms with Gasteiger partial charge in [-0.05, 0) is 19.1 Å². The summed E-state index contributed by atoms with van der Waals surface area (Å²) >= 11 is 0. The van der Waals surface area contributed by atoms with Crippen LogP contribution in [0.2, 0.25) is 0 Å². The Morgan fingerprint density at radius 3 is 2.46 bits per heavy atom. The Bertz CT molecular complexity index is 736. The summed E-state index contributed by atoms with van der Waals surface area (Å²) in [4.78, 5) is 39.6. The van der Waals surface area contributed by atoms with Gasteiger partial charge in [-0.2, -0.15) is 0 Å². The molecule has 2 atom stereocenters. The molecule has 0 radical (unpaired) electrons. The normalized spacial score (nSPS) is 23.1. The summed E-state index contributed by atoms with van der Waals surface area (Å²) in [7, 11) is 3.21. The average Bonchev–Trinajstić information content (AvgIpc) is 3.20. The second kappa shape index (κ2) is 7.33. The molecule has 26 heavy (non-hydrogen) atoms. The first kappa shape index (κ1) is 18.2. The first-order chi connectivity index (χ1) is 12.5. The van der Waals surface area contributed by atoms with Gasteiger partial charge in [-0.3, -0.25) is 14.5 Å². The molecule has 2 saturated heterocycles. The Hall–Kier alpha value is -2.61. The molecular formula is C18H24N3O5+. The van der Waals surface area contributed by atoms with Crippen molar-refractivity contribution in [3.05, 3.63) is 23.8 Å². The molecule has 2 aliphatic rings. The highest BCUT2D eigenvalue weighted by Gasteiger charge is 2.47. The van der Waals surface area contributed by atoms with Crippen LogP contribution >= 0.6 is 0 Å². The number of likely N-dealkylation sites (tertiary alicyclic amines) is 1. The first-order valence-electron chi connectivity index (χ1n) is 8.75. The molecule has 0 saturated carbocycles. The van der Waals surface area contributed by atoms with Gasteiger partial charge in [-0.25, -0.2) is 9.69 Å². The van der Waals surface area contributed by atoms with Gasteiger partial charge in [0, 0.05) is 25.5 Å². The van der Waals surface area contributed by atoms with Crippen LogP contribution in [0.3, 0.4) is 0 Å². The van der Waals surface area contributed by atoms with Crippen LogP contribution in [-0.2, 0) is 9.59 Å². The van der Waals surface area contributed by atoms with Gasteiger partial charge in [0.15, 0.2) is 6.67 Å². The lowest BCUT2D eigenvalue weighted by molar-refractivity contribution is -0.925. The Morgan fingerprint density at radius 1 is 1.12 bits per heavy atom. The fraction of sp³-hybridized carbons (Fsp3) is 0.500. The number of carbonyl (C=O) groups excluding carboxylic acids is 3. The number of nitrogens with one attached hydrogen (secondary N) is 1.